The van der Waals surface area contributed by atoms with Crippen molar-refractivity contribution in [1.82, 2.24) is 0 Å². The molecule has 0 amide bonds. The molecule has 13 heavy (non-hydrogen) atoms. The Hall–Kier alpha value is -1.17. The molecule has 8 nitrogen and oxygen atoms in total. The van der Waals surface area contributed by atoms with Crippen molar-refractivity contribution in [3.63, 3.8) is 0 Å². The fourth-order valence-electron chi connectivity index (χ4n) is 0.110. The maximum Gasteiger partial charge on any atom is 0.328 e. The van der Waals surface area contributed by atoms with E-state index in [0.717, 1.165) is 0 Å². The standard InChI is InChI=1S/2C2H3NO3.Pt/c2*4-2(5)1-3-6;/h2*1H2,(H,4,5);. The zero-order chi connectivity index (χ0) is 9.98. The van der Waals surface area contributed by atoms with E-state index in [9.17, 15) is 9.59 Å². The molecule has 0 aliphatic carbocycles. The molecule has 0 unspecified atom stereocenters. The Labute approximate surface area is 86.5 Å². The molecule has 9 heteroatoms. The summed E-state index contributed by atoms with van der Waals surface area (Å²) >= 11 is 0. The first-order valence-corrected chi connectivity index (χ1v) is 2.56. The number of carbonyl (C=O) groups is 2. The molecule has 0 rings (SSSR count). The number of nitrogens with zero attached hydrogens (tertiary/aromatic N) is 2. The summed E-state index contributed by atoms with van der Waals surface area (Å²) in [6.45, 7) is -1.28. The Morgan fingerprint density at radius 1 is 0.923 bits per heavy atom. The zero-order valence-electron chi connectivity index (χ0n) is 6.15. The van der Waals surface area contributed by atoms with Crippen LogP contribution in [-0.4, -0.2) is 35.2 Å². The monoisotopic (exact) mass is 373 g/mol. The van der Waals surface area contributed by atoms with Crippen LogP contribution in [0.2, 0.25) is 0 Å². The minimum atomic E-state index is -1.19. The second kappa shape index (κ2) is 13.4. The van der Waals surface area contributed by atoms with Gasteiger partial charge in [-0.25, -0.2) is 0 Å². The molecule has 0 aromatic heterocycles. The van der Waals surface area contributed by atoms with Crippen LogP contribution >= 0.6 is 0 Å². The van der Waals surface area contributed by atoms with E-state index in [-0.39, 0.29) is 21.1 Å². The quantitative estimate of drug-likeness (QED) is 0.649. The fourth-order valence-corrected chi connectivity index (χ4v) is 0.110. The molecule has 0 aromatic rings. The number of hydrogen-bond donors (Lipinski definition) is 2. The average Bonchev–Trinajstić information content (AvgIpc) is 1.87. The summed E-state index contributed by atoms with van der Waals surface area (Å²) in [6.07, 6.45) is 0. The number of nitroso groups, excluding NO2 is 2. The van der Waals surface area contributed by atoms with Crippen LogP contribution in [0.5, 0.6) is 0 Å². The van der Waals surface area contributed by atoms with Gasteiger partial charge < -0.3 is 10.2 Å². The van der Waals surface area contributed by atoms with Crippen molar-refractivity contribution in [2.24, 2.45) is 10.4 Å². The normalized spacial score (nSPS) is 6.77. The Morgan fingerprint density at radius 3 is 1.15 bits per heavy atom. The Kier molecular flexibility index (Phi) is 18.4. The molecule has 0 spiro atoms. The summed E-state index contributed by atoms with van der Waals surface area (Å²) in [5.41, 5.74) is 0. The van der Waals surface area contributed by atoms with E-state index in [0.29, 0.717) is 0 Å². The van der Waals surface area contributed by atoms with Gasteiger partial charge in [0, 0.05) is 21.1 Å². The Balaban J connectivity index is -0.000000143. The van der Waals surface area contributed by atoms with E-state index in [4.69, 9.17) is 20.0 Å². The number of carboxylic acid groups (broad SMARTS) is 2. The summed E-state index contributed by atoms with van der Waals surface area (Å²) in [7, 11) is 0. The molecule has 0 atom stereocenters. The largest absolute Gasteiger partial charge is 0.480 e. The number of carboxylic acids is 2. The third-order valence-corrected chi connectivity index (χ3v) is 0.400. The predicted molar refractivity (Wildman–Crippen MR) is 36.6 cm³/mol. The Bertz CT molecular complexity index is 163. The van der Waals surface area contributed by atoms with Gasteiger partial charge in [0.15, 0.2) is 13.1 Å². The van der Waals surface area contributed by atoms with Crippen LogP contribution in [-0.2, 0) is 30.7 Å². The van der Waals surface area contributed by atoms with Crippen LogP contribution in [0, 0.1) is 9.81 Å². The molecule has 0 bridgehead atoms. The third kappa shape index (κ3) is 36.2. The molecule has 0 radical (unpaired) electrons. The van der Waals surface area contributed by atoms with E-state index in [1.54, 1.807) is 0 Å². The van der Waals surface area contributed by atoms with Gasteiger partial charge in [0.1, 0.15) is 0 Å². The number of aliphatic carboxylic acids is 2. The van der Waals surface area contributed by atoms with Gasteiger partial charge in [-0.3, -0.25) is 9.59 Å². The summed E-state index contributed by atoms with van der Waals surface area (Å²) in [6, 6.07) is 0. The van der Waals surface area contributed by atoms with Gasteiger partial charge >= 0.3 is 11.9 Å². The first-order valence-electron chi connectivity index (χ1n) is 2.56. The van der Waals surface area contributed by atoms with Crippen molar-refractivity contribution in [2.75, 3.05) is 13.1 Å². The van der Waals surface area contributed by atoms with E-state index in [1.807, 2.05) is 0 Å². The van der Waals surface area contributed by atoms with Crippen molar-refractivity contribution in [3.05, 3.63) is 9.81 Å². The van der Waals surface area contributed by atoms with Gasteiger partial charge in [-0.15, -0.1) is 0 Å². The molecule has 0 aliphatic rings. The average molecular weight is 373 g/mol. The van der Waals surface area contributed by atoms with Crippen molar-refractivity contribution in [2.45, 2.75) is 0 Å². The third-order valence-electron chi connectivity index (χ3n) is 0.400. The molecular formula is C4H6N2O6Pt. The number of hydrogen-bond acceptors (Lipinski definition) is 6. The topological polar surface area (TPSA) is 133 Å². The van der Waals surface area contributed by atoms with E-state index < -0.39 is 25.0 Å². The van der Waals surface area contributed by atoms with Crippen LogP contribution in [0.4, 0.5) is 0 Å². The van der Waals surface area contributed by atoms with E-state index in [2.05, 4.69) is 10.4 Å². The first-order chi connectivity index (χ1) is 5.54. The Morgan fingerprint density at radius 2 is 1.15 bits per heavy atom. The molecule has 0 heterocycles. The van der Waals surface area contributed by atoms with Gasteiger partial charge in [0.2, 0.25) is 0 Å². The van der Waals surface area contributed by atoms with Crippen LogP contribution in [0.15, 0.2) is 10.4 Å². The molecule has 0 saturated carbocycles. The molecule has 0 fully saturated rings. The summed E-state index contributed by atoms with van der Waals surface area (Å²) in [5, 5.41) is 19.4. The van der Waals surface area contributed by atoms with Crippen LogP contribution in [0.3, 0.4) is 0 Å². The van der Waals surface area contributed by atoms with Crippen LogP contribution in [0.1, 0.15) is 0 Å². The molecule has 78 valence electrons. The fraction of sp³-hybridized carbons (Fsp3) is 0.500. The predicted octanol–water partition coefficient (Wildman–Crippen LogP) is -0.328. The van der Waals surface area contributed by atoms with Gasteiger partial charge in [-0.2, -0.15) is 9.81 Å². The minimum absolute atomic E-state index is 0. The first kappa shape index (κ1) is 17.8. The SMILES string of the molecule is O=NCC(=O)O.O=NCC(=O)O.[Pt]. The van der Waals surface area contributed by atoms with E-state index in [1.165, 1.54) is 0 Å². The smallest absolute Gasteiger partial charge is 0.328 e. The van der Waals surface area contributed by atoms with Gasteiger partial charge in [0.25, 0.3) is 0 Å². The maximum atomic E-state index is 9.31. The number of rotatable bonds is 4. The molecule has 2 N–H and O–H groups in total. The second-order valence-corrected chi connectivity index (χ2v) is 1.36. The van der Waals surface area contributed by atoms with Crippen molar-refractivity contribution >= 4 is 11.9 Å². The minimum Gasteiger partial charge on any atom is -0.480 e. The summed E-state index contributed by atoms with van der Waals surface area (Å²) in [5.74, 6) is -2.38. The second-order valence-electron chi connectivity index (χ2n) is 1.36. The van der Waals surface area contributed by atoms with Crippen molar-refractivity contribution in [1.29, 1.82) is 0 Å². The summed E-state index contributed by atoms with van der Waals surface area (Å²) in [4.78, 5) is 36.6. The summed E-state index contributed by atoms with van der Waals surface area (Å²) < 4.78 is 0. The van der Waals surface area contributed by atoms with Crippen molar-refractivity contribution in [3.8, 4) is 0 Å². The molecule has 0 aromatic carbocycles. The maximum absolute atomic E-state index is 9.31. The van der Waals surface area contributed by atoms with Gasteiger partial charge in [-0.1, -0.05) is 10.4 Å². The van der Waals surface area contributed by atoms with Gasteiger partial charge in [-0.05, 0) is 0 Å². The van der Waals surface area contributed by atoms with E-state index >= 15 is 0 Å². The molecule has 0 aliphatic heterocycles. The molecular weight excluding hydrogens is 367 g/mol. The van der Waals surface area contributed by atoms with Crippen LogP contribution < -0.4 is 0 Å². The van der Waals surface area contributed by atoms with Crippen LogP contribution in [0.25, 0.3) is 0 Å². The van der Waals surface area contributed by atoms with Gasteiger partial charge in [0.05, 0.1) is 0 Å². The molecule has 0 saturated heterocycles. The zero-order valence-corrected chi connectivity index (χ0v) is 8.42. The van der Waals surface area contributed by atoms with Crippen molar-refractivity contribution < 1.29 is 40.9 Å².